The molecule has 0 radical (unpaired) electrons. The molecular formula is C26H25F2NO2. The lowest BCUT2D eigenvalue weighted by Crippen LogP contribution is -1.99. The van der Waals surface area contributed by atoms with E-state index < -0.39 is 5.82 Å². The van der Waals surface area contributed by atoms with Gasteiger partial charge in [0.15, 0.2) is 0 Å². The second-order valence-corrected chi connectivity index (χ2v) is 7.23. The van der Waals surface area contributed by atoms with Gasteiger partial charge in [-0.3, -0.25) is 0 Å². The molecule has 1 aromatic heterocycles. The SMILES string of the molecule is C=C(O)c1cc(/C(=C\c2cccnc2OCc2ccc(F)cc2)CCCC)ccc1F. The number of pyridine rings is 1. The van der Waals surface area contributed by atoms with Crippen molar-refractivity contribution in [1.29, 1.82) is 0 Å². The monoisotopic (exact) mass is 421 g/mol. The predicted molar refractivity (Wildman–Crippen MR) is 120 cm³/mol. The third kappa shape index (κ3) is 6.01. The molecule has 0 atom stereocenters. The number of ether oxygens (including phenoxy) is 1. The van der Waals surface area contributed by atoms with E-state index in [0.717, 1.165) is 41.5 Å². The Hall–Kier alpha value is -3.47. The Bertz CT molecular complexity index is 1080. The molecule has 2 aromatic carbocycles. The van der Waals surface area contributed by atoms with Crippen LogP contribution in [-0.2, 0) is 6.61 Å². The number of benzene rings is 2. The van der Waals surface area contributed by atoms with Crippen LogP contribution in [0.15, 0.2) is 67.4 Å². The highest BCUT2D eigenvalue weighted by Gasteiger charge is 2.11. The highest BCUT2D eigenvalue weighted by molar-refractivity contribution is 5.83. The summed E-state index contributed by atoms with van der Waals surface area (Å²) >= 11 is 0. The fourth-order valence-electron chi connectivity index (χ4n) is 3.17. The van der Waals surface area contributed by atoms with Crippen LogP contribution in [-0.4, -0.2) is 10.1 Å². The van der Waals surface area contributed by atoms with Gasteiger partial charge in [-0.1, -0.05) is 38.1 Å². The summed E-state index contributed by atoms with van der Waals surface area (Å²) < 4.78 is 33.0. The highest BCUT2D eigenvalue weighted by Crippen LogP contribution is 2.29. The van der Waals surface area contributed by atoms with E-state index in [9.17, 15) is 13.9 Å². The van der Waals surface area contributed by atoms with Crippen molar-refractivity contribution in [3.8, 4) is 5.88 Å². The van der Waals surface area contributed by atoms with Crippen LogP contribution < -0.4 is 4.74 Å². The van der Waals surface area contributed by atoms with Crippen LogP contribution in [0.2, 0.25) is 0 Å². The number of nitrogens with zero attached hydrogens (tertiary/aromatic N) is 1. The molecule has 0 saturated heterocycles. The minimum Gasteiger partial charge on any atom is -0.508 e. The number of aliphatic hydroxyl groups excluding tert-OH is 1. The van der Waals surface area contributed by atoms with Crippen LogP contribution >= 0.6 is 0 Å². The van der Waals surface area contributed by atoms with Gasteiger partial charge < -0.3 is 9.84 Å². The Morgan fingerprint density at radius 3 is 2.61 bits per heavy atom. The van der Waals surface area contributed by atoms with Crippen molar-refractivity contribution in [2.24, 2.45) is 0 Å². The molecule has 5 heteroatoms. The summed E-state index contributed by atoms with van der Waals surface area (Å²) in [5.74, 6) is -0.667. The lowest BCUT2D eigenvalue weighted by molar-refractivity contribution is 0.293. The summed E-state index contributed by atoms with van der Waals surface area (Å²) in [5, 5.41) is 9.71. The summed E-state index contributed by atoms with van der Waals surface area (Å²) in [6, 6.07) is 14.5. The van der Waals surface area contributed by atoms with Crippen molar-refractivity contribution in [3.63, 3.8) is 0 Å². The largest absolute Gasteiger partial charge is 0.508 e. The first-order valence-electron chi connectivity index (χ1n) is 10.2. The molecule has 1 heterocycles. The summed E-state index contributed by atoms with van der Waals surface area (Å²) in [7, 11) is 0. The van der Waals surface area contributed by atoms with E-state index in [0.29, 0.717) is 5.88 Å². The van der Waals surface area contributed by atoms with E-state index in [1.807, 2.05) is 18.2 Å². The molecule has 0 spiro atoms. The Kier molecular flexibility index (Phi) is 7.55. The molecule has 1 N–H and O–H groups in total. The summed E-state index contributed by atoms with van der Waals surface area (Å²) in [4.78, 5) is 4.34. The number of hydrogen-bond donors (Lipinski definition) is 1. The quantitative estimate of drug-likeness (QED) is 0.372. The van der Waals surface area contributed by atoms with Gasteiger partial charge >= 0.3 is 0 Å². The lowest BCUT2D eigenvalue weighted by atomic mass is 9.96. The van der Waals surface area contributed by atoms with E-state index in [4.69, 9.17) is 4.74 Å². The van der Waals surface area contributed by atoms with Gasteiger partial charge in [-0.25, -0.2) is 13.8 Å². The van der Waals surface area contributed by atoms with E-state index in [-0.39, 0.29) is 23.7 Å². The van der Waals surface area contributed by atoms with Gasteiger partial charge in [0.25, 0.3) is 0 Å². The van der Waals surface area contributed by atoms with Crippen molar-refractivity contribution in [2.75, 3.05) is 0 Å². The number of rotatable bonds is 9. The summed E-state index contributed by atoms with van der Waals surface area (Å²) in [5.41, 5.74) is 3.47. The van der Waals surface area contributed by atoms with Crippen LogP contribution in [0, 0.1) is 11.6 Å². The first kappa shape index (κ1) is 22.2. The van der Waals surface area contributed by atoms with Gasteiger partial charge in [-0.05, 0) is 72.0 Å². The first-order chi connectivity index (χ1) is 15.0. The minimum atomic E-state index is -0.518. The molecule has 3 rings (SSSR count). The average Bonchev–Trinajstić information content (AvgIpc) is 2.77. The third-order valence-corrected chi connectivity index (χ3v) is 4.87. The van der Waals surface area contributed by atoms with E-state index in [1.54, 1.807) is 30.5 Å². The molecule has 0 amide bonds. The average molecular weight is 421 g/mol. The van der Waals surface area contributed by atoms with Gasteiger partial charge in [0.1, 0.15) is 24.0 Å². The molecule has 0 saturated carbocycles. The second-order valence-electron chi connectivity index (χ2n) is 7.23. The molecule has 3 aromatic rings. The first-order valence-corrected chi connectivity index (χ1v) is 10.2. The predicted octanol–water partition coefficient (Wildman–Crippen LogP) is 7.20. The maximum atomic E-state index is 14.0. The molecule has 0 fully saturated rings. The van der Waals surface area contributed by atoms with Crippen LogP contribution in [0.5, 0.6) is 5.88 Å². The van der Waals surface area contributed by atoms with Crippen LogP contribution in [0.25, 0.3) is 17.4 Å². The smallest absolute Gasteiger partial charge is 0.221 e. The Balaban J connectivity index is 1.93. The number of aliphatic hydroxyl groups is 1. The van der Waals surface area contributed by atoms with Crippen molar-refractivity contribution in [3.05, 3.63) is 101 Å². The van der Waals surface area contributed by atoms with Gasteiger partial charge in [0.05, 0.1) is 5.56 Å². The van der Waals surface area contributed by atoms with Crippen LogP contribution in [0.3, 0.4) is 0 Å². The topological polar surface area (TPSA) is 42.4 Å². The number of unbranched alkanes of at least 4 members (excludes halogenated alkanes) is 1. The van der Waals surface area contributed by atoms with Gasteiger partial charge in [-0.15, -0.1) is 0 Å². The molecule has 31 heavy (non-hydrogen) atoms. The standard InChI is InChI=1S/C26H25F2NO2/c1-3-4-6-20(21-10-13-25(28)24(16-21)18(2)30)15-22-7-5-14-29-26(22)31-17-19-8-11-23(27)12-9-19/h5,7-16,30H,2-4,6,17H2,1H3/b20-15-. The molecule has 3 nitrogen and oxygen atoms in total. The van der Waals surface area contributed by atoms with Crippen molar-refractivity contribution < 1.29 is 18.6 Å². The number of aromatic nitrogens is 1. The maximum Gasteiger partial charge on any atom is 0.221 e. The van der Waals surface area contributed by atoms with E-state index >= 15 is 0 Å². The third-order valence-electron chi connectivity index (χ3n) is 4.87. The van der Waals surface area contributed by atoms with Gasteiger partial charge in [0.2, 0.25) is 5.88 Å². The summed E-state index contributed by atoms with van der Waals surface area (Å²) in [6.45, 7) is 5.81. The van der Waals surface area contributed by atoms with Crippen LogP contribution in [0.1, 0.15) is 48.4 Å². The van der Waals surface area contributed by atoms with Crippen molar-refractivity contribution >= 4 is 17.4 Å². The molecule has 160 valence electrons. The normalized spacial score (nSPS) is 11.4. The minimum absolute atomic E-state index is 0.0823. The fraction of sp³-hybridized carbons (Fsp3) is 0.192. The fourth-order valence-corrected chi connectivity index (χ4v) is 3.17. The van der Waals surface area contributed by atoms with Gasteiger partial charge in [0, 0.05) is 11.8 Å². The number of allylic oxidation sites excluding steroid dienone is 1. The second kappa shape index (κ2) is 10.5. The molecule has 0 aliphatic carbocycles. The van der Waals surface area contributed by atoms with Crippen molar-refractivity contribution in [2.45, 2.75) is 32.8 Å². The molecular weight excluding hydrogens is 396 g/mol. The van der Waals surface area contributed by atoms with Crippen molar-refractivity contribution in [1.82, 2.24) is 4.98 Å². The molecule has 0 unspecified atom stereocenters. The molecule has 0 aliphatic heterocycles. The number of halogens is 2. The Morgan fingerprint density at radius 2 is 1.90 bits per heavy atom. The molecule has 0 aliphatic rings. The maximum absolute atomic E-state index is 14.0. The summed E-state index contributed by atoms with van der Waals surface area (Å²) in [6.07, 6.45) is 6.34. The zero-order valence-electron chi connectivity index (χ0n) is 17.4. The van der Waals surface area contributed by atoms with Crippen LogP contribution in [0.4, 0.5) is 8.78 Å². The zero-order chi connectivity index (χ0) is 22.2. The Labute approximate surface area is 181 Å². The van der Waals surface area contributed by atoms with E-state index in [2.05, 4.69) is 18.5 Å². The highest BCUT2D eigenvalue weighted by atomic mass is 19.1. The Morgan fingerprint density at radius 1 is 1.13 bits per heavy atom. The van der Waals surface area contributed by atoms with E-state index in [1.165, 1.54) is 18.2 Å². The molecule has 0 bridgehead atoms. The lowest BCUT2D eigenvalue weighted by Gasteiger charge is -2.12. The zero-order valence-corrected chi connectivity index (χ0v) is 17.4. The van der Waals surface area contributed by atoms with Gasteiger partial charge in [-0.2, -0.15) is 0 Å². The number of hydrogen-bond acceptors (Lipinski definition) is 3.